The number of rotatable bonds is 8. The van der Waals surface area contributed by atoms with E-state index in [0.29, 0.717) is 24.6 Å². The highest BCUT2D eigenvalue weighted by atomic mass is 16.5. The van der Waals surface area contributed by atoms with Crippen LogP contribution in [-0.4, -0.2) is 29.7 Å². The third kappa shape index (κ3) is 7.45. The van der Waals surface area contributed by atoms with Crippen molar-refractivity contribution in [3.05, 3.63) is 46.4 Å². The molecule has 1 amide bonds. The molecule has 0 saturated heterocycles. The van der Waals surface area contributed by atoms with Crippen LogP contribution in [0.15, 0.2) is 46.4 Å². The van der Waals surface area contributed by atoms with E-state index in [9.17, 15) is 9.59 Å². The number of hydrogen-bond acceptors (Lipinski definition) is 3. The lowest BCUT2D eigenvalue weighted by Crippen LogP contribution is -2.36. The maximum Gasteiger partial charge on any atom is 0.257 e. The molecule has 0 aliphatic carbocycles. The van der Waals surface area contributed by atoms with Crippen LogP contribution < -0.4 is 0 Å². The number of allylic oxidation sites excluding steroid dienone is 5. The van der Waals surface area contributed by atoms with Crippen molar-refractivity contribution in [1.82, 2.24) is 4.90 Å². The first-order valence-electron chi connectivity index (χ1n) is 13.3. The molecule has 2 heterocycles. The van der Waals surface area contributed by atoms with Crippen molar-refractivity contribution in [2.24, 2.45) is 23.7 Å². The van der Waals surface area contributed by atoms with Crippen molar-refractivity contribution in [3.63, 3.8) is 0 Å². The van der Waals surface area contributed by atoms with Crippen LogP contribution in [-0.2, 0) is 14.3 Å². The summed E-state index contributed by atoms with van der Waals surface area (Å²) in [6.07, 6.45) is 12.3. The average molecular weight is 470 g/mol. The molecular formula is C30H47NO3. The van der Waals surface area contributed by atoms with Crippen LogP contribution in [0, 0.1) is 23.7 Å². The smallest absolute Gasteiger partial charge is 0.257 e. The van der Waals surface area contributed by atoms with Crippen LogP contribution in [0.1, 0.15) is 93.9 Å². The maximum atomic E-state index is 13.7. The van der Waals surface area contributed by atoms with Crippen LogP contribution in [0.25, 0.3) is 0 Å². The van der Waals surface area contributed by atoms with Crippen LogP contribution in [0.3, 0.4) is 0 Å². The fourth-order valence-corrected chi connectivity index (χ4v) is 4.97. The van der Waals surface area contributed by atoms with Gasteiger partial charge in [-0.05, 0) is 64.7 Å². The molecule has 2 rings (SSSR count). The Labute approximate surface area is 208 Å². The zero-order chi connectivity index (χ0) is 25.4. The minimum atomic E-state index is -0.0944. The van der Waals surface area contributed by atoms with Crippen LogP contribution in [0.4, 0.5) is 0 Å². The number of ether oxygens (including phenoxy) is 1. The Hall–Kier alpha value is -2.10. The van der Waals surface area contributed by atoms with Crippen molar-refractivity contribution in [2.45, 2.75) is 93.9 Å². The Morgan fingerprint density at radius 3 is 2.44 bits per heavy atom. The molecule has 0 aromatic heterocycles. The second kappa shape index (κ2) is 13.1. The standard InChI is InChI=1S/C30H47NO3/c1-9-21(4)23(6)17-26(10-2)14-13-20(3)18-31-15-11-12-22(5)29-28(30(31)33)25(8)16-24(7)27(32)19-34-29/h11,13,15,22,24-26H,9-10,12,14,16-19H2,1-8H3/b15-11+,20-13-,23-21-,29-28+. The Balaban J connectivity index is 2.21. The molecule has 0 fully saturated rings. The quantitative estimate of drug-likeness (QED) is 0.348. The molecule has 0 N–H and O–H groups in total. The highest BCUT2D eigenvalue weighted by molar-refractivity contribution is 5.96. The number of carbonyl (C=O) groups is 2. The number of amides is 1. The molecule has 4 atom stereocenters. The van der Waals surface area contributed by atoms with Crippen molar-refractivity contribution >= 4 is 11.7 Å². The minimum absolute atomic E-state index is 0.0106. The van der Waals surface area contributed by atoms with Gasteiger partial charge in [0.25, 0.3) is 5.91 Å². The van der Waals surface area contributed by atoms with Crippen molar-refractivity contribution in [2.75, 3.05) is 13.2 Å². The first-order chi connectivity index (χ1) is 16.1. The van der Waals surface area contributed by atoms with Gasteiger partial charge in [-0.2, -0.15) is 0 Å². The molecule has 0 aromatic rings. The van der Waals surface area contributed by atoms with Crippen LogP contribution >= 0.6 is 0 Å². The SMILES string of the molecule is CC/C(C)=C(/C)CC(CC)C/C=C(/C)CN1/C=C/CC(C)/C2=C(\C1=O)C(C)CC(C)C(=O)CO2. The second-order valence-corrected chi connectivity index (χ2v) is 10.7. The van der Waals surface area contributed by atoms with Gasteiger partial charge in [-0.15, -0.1) is 0 Å². The summed E-state index contributed by atoms with van der Waals surface area (Å²) in [7, 11) is 0. The van der Waals surface area contributed by atoms with Gasteiger partial charge in [0.2, 0.25) is 0 Å². The number of Topliss-reactive ketones (excluding diaryl/α,β-unsaturated/α-hetero) is 1. The van der Waals surface area contributed by atoms with Gasteiger partial charge < -0.3 is 9.64 Å². The first kappa shape index (κ1) is 28.1. The van der Waals surface area contributed by atoms with Gasteiger partial charge in [-0.25, -0.2) is 0 Å². The second-order valence-electron chi connectivity index (χ2n) is 10.7. The average Bonchev–Trinajstić information content (AvgIpc) is 2.80. The van der Waals surface area contributed by atoms with E-state index in [0.717, 1.165) is 37.7 Å². The highest BCUT2D eigenvalue weighted by Gasteiger charge is 2.34. The topological polar surface area (TPSA) is 46.6 Å². The molecule has 4 heteroatoms. The molecule has 4 unspecified atom stereocenters. The molecule has 0 radical (unpaired) electrons. The first-order valence-corrected chi connectivity index (χ1v) is 13.3. The van der Waals surface area contributed by atoms with E-state index in [1.54, 1.807) is 0 Å². The van der Waals surface area contributed by atoms with E-state index in [4.69, 9.17) is 4.74 Å². The number of nitrogens with zero attached hydrogens (tertiary/aromatic N) is 1. The Morgan fingerprint density at radius 2 is 1.79 bits per heavy atom. The zero-order valence-electron chi connectivity index (χ0n) is 22.9. The van der Waals surface area contributed by atoms with E-state index in [1.807, 2.05) is 18.0 Å². The summed E-state index contributed by atoms with van der Waals surface area (Å²) >= 11 is 0. The van der Waals surface area contributed by atoms with Gasteiger partial charge >= 0.3 is 0 Å². The molecule has 0 saturated carbocycles. The number of hydrogen-bond donors (Lipinski definition) is 0. The fourth-order valence-electron chi connectivity index (χ4n) is 4.97. The number of ketones is 1. The molecule has 2 aliphatic heterocycles. The van der Waals surface area contributed by atoms with E-state index in [-0.39, 0.29) is 36.1 Å². The monoisotopic (exact) mass is 469 g/mol. The summed E-state index contributed by atoms with van der Waals surface area (Å²) in [5, 5.41) is 0. The molecule has 0 spiro atoms. The van der Waals surface area contributed by atoms with Gasteiger partial charge in [0.1, 0.15) is 12.4 Å². The minimum Gasteiger partial charge on any atom is -0.489 e. The lowest BCUT2D eigenvalue weighted by molar-refractivity contribution is -0.129. The Kier molecular flexibility index (Phi) is 10.9. The zero-order valence-corrected chi connectivity index (χ0v) is 22.9. The van der Waals surface area contributed by atoms with Crippen LogP contribution in [0.2, 0.25) is 0 Å². The summed E-state index contributed by atoms with van der Waals surface area (Å²) in [6.45, 7) is 17.9. The van der Waals surface area contributed by atoms with Crippen LogP contribution in [0.5, 0.6) is 0 Å². The van der Waals surface area contributed by atoms with E-state index >= 15 is 0 Å². The Morgan fingerprint density at radius 1 is 1.09 bits per heavy atom. The Bertz CT molecular complexity index is 860. The highest BCUT2D eigenvalue weighted by Crippen LogP contribution is 2.34. The van der Waals surface area contributed by atoms with E-state index < -0.39 is 0 Å². The fraction of sp³-hybridized carbons (Fsp3) is 0.667. The third-order valence-corrected chi connectivity index (χ3v) is 7.75. The molecule has 0 bridgehead atoms. The number of carbonyl (C=O) groups excluding carboxylic acids is 2. The van der Waals surface area contributed by atoms with E-state index in [1.165, 1.54) is 16.7 Å². The molecule has 4 nitrogen and oxygen atoms in total. The predicted molar refractivity (Wildman–Crippen MR) is 141 cm³/mol. The molecule has 190 valence electrons. The summed E-state index contributed by atoms with van der Waals surface area (Å²) in [4.78, 5) is 27.9. The van der Waals surface area contributed by atoms with Crippen molar-refractivity contribution < 1.29 is 14.3 Å². The molecule has 34 heavy (non-hydrogen) atoms. The normalized spacial score (nSPS) is 29.2. The summed E-state index contributed by atoms with van der Waals surface area (Å²) in [5.41, 5.74) is 4.98. The molecular weight excluding hydrogens is 422 g/mol. The van der Waals surface area contributed by atoms with Gasteiger partial charge in [0.15, 0.2) is 5.78 Å². The lowest BCUT2D eigenvalue weighted by Gasteiger charge is -2.32. The van der Waals surface area contributed by atoms with Gasteiger partial charge in [0, 0.05) is 24.6 Å². The third-order valence-electron chi connectivity index (χ3n) is 7.75. The van der Waals surface area contributed by atoms with Crippen molar-refractivity contribution in [1.29, 1.82) is 0 Å². The van der Waals surface area contributed by atoms with Gasteiger partial charge in [-0.1, -0.05) is 69.9 Å². The van der Waals surface area contributed by atoms with Crippen molar-refractivity contribution in [3.8, 4) is 0 Å². The molecule has 0 aromatic carbocycles. The summed E-state index contributed by atoms with van der Waals surface area (Å²) in [6, 6.07) is 0. The van der Waals surface area contributed by atoms with E-state index in [2.05, 4.69) is 60.6 Å². The molecule has 2 aliphatic rings. The predicted octanol–water partition coefficient (Wildman–Crippen LogP) is 7.38. The van der Waals surface area contributed by atoms with Gasteiger partial charge in [0.05, 0.1) is 5.57 Å². The summed E-state index contributed by atoms with van der Waals surface area (Å²) < 4.78 is 6.00. The summed E-state index contributed by atoms with van der Waals surface area (Å²) in [5.74, 6) is 1.47. The lowest BCUT2D eigenvalue weighted by atomic mass is 9.83. The maximum absolute atomic E-state index is 13.7. The largest absolute Gasteiger partial charge is 0.489 e. The van der Waals surface area contributed by atoms with Gasteiger partial charge in [-0.3, -0.25) is 9.59 Å².